The minimum Gasteiger partial charge on any atom is -0.497 e. The predicted octanol–water partition coefficient (Wildman–Crippen LogP) is 4.72. The van der Waals surface area contributed by atoms with Crippen LogP contribution in [0, 0.1) is 6.92 Å². The Bertz CT molecular complexity index is 1050. The first-order valence-electron chi connectivity index (χ1n) is 11.0. The summed E-state index contributed by atoms with van der Waals surface area (Å²) in [6, 6.07) is 8.79. The van der Waals surface area contributed by atoms with Crippen molar-refractivity contribution in [1.29, 1.82) is 0 Å². The predicted molar refractivity (Wildman–Crippen MR) is 119 cm³/mol. The van der Waals surface area contributed by atoms with Gasteiger partial charge in [0.2, 0.25) is 0 Å². The Hall–Kier alpha value is -2.81. The lowest BCUT2D eigenvalue weighted by Crippen LogP contribution is -2.54. The lowest BCUT2D eigenvalue weighted by atomic mass is 9.69. The van der Waals surface area contributed by atoms with Gasteiger partial charge in [-0.25, -0.2) is 9.78 Å². The van der Waals surface area contributed by atoms with E-state index in [4.69, 9.17) is 4.74 Å². The molecule has 0 unspecified atom stereocenters. The summed E-state index contributed by atoms with van der Waals surface area (Å²) in [5, 5.41) is 3.13. The van der Waals surface area contributed by atoms with Gasteiger partial charge in [0.15, 0.2) is 0 Å². The standard InChI is InChI=1S/C24H29F3N4O2/c1-16-12-20(24(25,26)27)28-14-19(16)31-15-22(29-21(31)32)8-10-23(11-9-22,30(2)3)17-6-5-7-18(13-17)33-4/h5-7,12-14H,8-11,15H2,1-4H3,(H,29,32)/t22-,23-. The van der Waals surface area contributed by atoms with Gasteiger partial charge < -0.3 is 10.1 Å². The molecule has 1 aliphatic heterocycles. The molecular formula is C24H29F3N4O2. The monoisotopic (exact) mass is 462 g/mol. The largest absolute Gasteiger partial charge is 0.497 e. The number of ether oxygens (including phenoxy) is 1. The van der Waals surface area contributed by atoms with Gasteiger partial charge in [0, 0.05) is 5.54 Å². The van der Waals surface area contributed by atoms with E-state index in [-0.39, 0.29) is 11.6 Å². The van der Waals surface area contributed by atoms with Gasteiger partial charge >= 0.3 is 12.2 Å². The Balaban J connectivity index is 1.56. The van der Waals surface area contributed by atoms with Crippen LogP contribution in [-0.4, -0.2) is 49.2 Å². The highest BCUT2D eigenvalue weighted by molar-refractivity contribution is 5.96. The Morgan fingerprint density at radius 3 is 2.42 bits per heavy atom. The summed E-state index contributed by atoms with van der Waals surface area (Å²) >= 11 is 0. The fraction of sp³-hybridized carbons (Fsp3) is 0.500. The van der Waals surface area contributed by atoms with Crippen LogP contribution in [0.2, 0.25) is 0 Å². The van der Waals surface area contributed by atoms with Crippen molar-refractivity contribution in [1.82, 2.24) is 15.2 Å². The molecule has 2 aromatic rings. The SMILES string of the molecule is COc1cccc([C@]2(N(C)C)CC[C@]3(CC2)CN(c2cnc(C(F)(F)F)cc2C)C(=O)N3)c1. The number of carbonyl (C=O) groups excluding carboxylic acids is 1. The third kappa shape index (κ3) is 4.14. The number of amides is 2. The van der Waals surface area contributed by atoms with Crippen LogP contribution in [-0.2, 0) is 11.7 Å². The van der Waals surface area contributed by atoms with Crippen LogP contribution in [0.5, 0.6) is 5.75 Å². The summed E-state index contributed by atoms with van der Waals surface area (Å²) in [6.45, 7) is 1.98. The van der Waals surface area contributed by atoms with E-state index in [2.05, 4.69) is 41.4 Å². The van der Waals surface area contributed by atoms with Crippen LogP contribution >= 0.6 is 0 Å². The number of methoxy groups -OCH3 is 1. The van der Waals surface area contributed by atoms with E-state index in [1.165, 1.54) is 10.5 Å². The van der Waals surface area contributed by atoms with Gasteiger partial charge in [-0.15, -0.1) is 0 Å². The highest BCUT2D eigenvalue weighted by Crippen LogP contribution is 2.47. The van der Waals surface area contributed by atoms with Crippen LogP contribution in [0.15, 0.2) is 36.5 Å². The Kier molecular flexibility index (Phi) is 5.80. The van der Waals surface area contributed by atoms with Crippen molar-refractivity contribution in [2.75, 3.05) is 32.6 Å². The first kappa shape index (κ1) is 23.4. The van der Waals surface area contributed by atoms with Crippen molar-refractivity contribution >= 4 is 11.7 Å². The maximum Gasteiger partial charge on any atom is 0.433 e. The van der Waals surface area contributed by atoms with Crippen molar-refractivity contribution in [3.63, 3.8) is 0 Å². The Morgan fingerprint density at radius 1 is 1.15 bits per heavy atom. The number of aryl methyl sites for hydroxylation is 1. The quantitative estimate of drug-likeness (QED) is 0.715. The summed E-state index contributed by atoms with van der Waals surface area (Å²) in [5.74, 6) is 0.805. The maximum absolute atomic E-state index is 13.0. The lowest BCUT2D eigenvalue weighted by Gasteiger charge is -2.48. The number of hydrogen-bond donors (Lipinski definition) is 1. The number of nitrogens with one attached hydrogen (secondary N) is 1. The molecule has 1 aromatic carbocycles. The van der Waals surface area contributed by atoms with Crippen molar-refractivity contribution in [3.8, 4) is 5.75 Å². The first-order chi connectivity index (χ1) is 15.5. The number of alkyl halides is 3. The van der Waals surface area contributed by atoms with E-state index in [1.54, 1.807) is 14.0 Å². The molecule has 2 amide bonds. The van der Waals surface area contributed by atoms with Crippen LogP contribution in [0.3, 0.4) is 0 Å². The van der Waals surface area contributed by atoms with E-state index >= 15 is 0 Å². The van der Waals surface area contributed by atoms with E-state index < -0.39 is 17.4 Å². The molecule has 0 atom stereocenters. The zero-order valence-corrected chi connectivity index (χ0v) is 19.3. The molecule has 6 nitrogen and oxygen atoms in total. The summed E-state index contributed by atoms with van der Waals surface area (Å²) in [5.41, 5.74) is 0.387. The molecule has 178 valence electrons. The molecule has 2 fully saturated rings. The van der Waals surface area contributed by atoms with E-state index in [0.29, 0.717) is 17.8 Å². The molecule has 0 bridgehead atoms. The van der Waals surface area contributed by atoms with Crippen LogP contribution in [0.25, 0.3) is 0 Å². The maximum atomic E-state index is 13.0. The third-order valence-corrected chi connectivity index (χ3v) is 7.24. The van der Waals surface area contributed by atoms with Crippen molar-refractivity contribution < 1.29 is 22.7 Å². The van der Waals surface area contributed by atoms with Crippen molar-refractivity contribution in [2.45, 2.75) is 49.9 Å². The highest BCUT2D eigenvalue weighted by Gasteiger charge is 2.50. The third-order valence-electron chi connectivity index (χ3n) is 7.24. The summed E-state index contributed by atoms with van der Waals surface area (Å²) < 4.78 is 44.4. The molecule has 1 aromatic heterocycles. The van der Waals surface area contributed by atoms with Gasteiger partial charge in [0.1, 0.15) is 11.4 Å². The molecule has 2 heterocycles. The Labute approximate surface area is 191 Å². The van der Waals surface area contributed by atoms with Crippen LogP contribution in [0.1, 0.15) is 42.5 Å². The van der Waals surface area contributed by atoms with Gasteiger partial charge in [0.25, 0.3) is 0 Å². The number of benzene rings is 1. The van der Waals surface area contributed by atoms with Crippen LogP contribution in [0.4, 0.5) is 23.7 Å². The van der Waals surface area contributed by atoms with E-state index in [1.807, 2.05) is 12.1 Å². The minimum absolute atomic E-state index is 0.191. The Morgan fingerprint density at radius 2 is 1.85 bits per heavy atom. The second-order valence-electron chi connectivity index (χ2n) is 9.31. The molecular weight excluding hydrogens is 433 g/mol. The average Bonchev–Trinajstić information content (AvgIpc) is 3.09. The van der Waals surface area contributed by atoms with Crippen LogP contribution < -0.4 is 15.0 Å². The molecule has 1 N–H and O–H groups in total. The van der Waals surface area contributed by atoms with Gasteiger partial charge in [-0.3, -0.25) is 9.80 Å². The van der Waals surface area contributed by atoms with Crippen molar-refractivity contribution in [2.24, 2.45) is 0 Å². The lowest BCUT2D eigenvalue weighted by molar-refractivity contribution is -0.141. The zero-order chi connectivity index (χ0) is 24.0. The van der Waals surface area contributed by atoms with Gasteiger partial charge in [-0.2, -0.15) is 13.2 Å². The molecule has 9 heteroatoms. The van der Waals surface area contributed by atoms with E-state index in [0.717, 1.165) is 43.7 Å². The van der Waals surface area contributed by atoms with Gasteiger partial charge in [-0.1, -0.05) is 12.1 Å². The molecule has 1 aliphatic carbocycles. The second kappa shape index (κ2) is 8.20. The topological polar surface area (TPSA) is 57.7 Å². The van der Waals surface area contributed by atoms with Gasteiger partial charge in [0.05, 0.1) is 31.1 Å². The number of nitrogens with zero attached hydrogens (tertiary/aromatic N) is 3. The van der Waals surface area contributed by atoms with E-state index in [9.17, 15) is 18.0 Å². The average molecular weight is 463 g/mol. The summed E-state index contributed by atoms with van der Waals surface area (Å²) in [4.78, 5) is 20.2. The normalized spacial score (nSPS) is 25.6. The number of anilines is 1. The molecule has 1 saturated heterocycles. The number of pyridine rings is 1. The van der Waals surface area contributed by atoms with Gasteiger partial charge in [-0.05, 0) is 76.0 Å². The summed E-state index contributed by atoms with van der Waals surface area (Å²) in [7, 11) is 5.78. The summed E-state index contributed by atoms with van der Waals surface area (Å²) in [6.07, 6.45) is -0.219. The first-order valence-corrected chi connectivity index (χ1v) is 11.0. The fourth-order valence-electron chi connectivity index (χ4n) is 5.22. The highest BCUT2D eigenvalue weighted by atomic mass is 19.4. The molecule has 4 rings (SSSR count). The zero-order valence-electron chi connectivity index (χ0n) is 19.3. The molecule has 1 spiro atoms. The molecule has 0 radical (unpaired) electrons. The molecule has 1 saturated carbocycles. The number of urea groups is 1. The molecule has 2 aliphatic rings. The molecule has 33 heavy (non-hydrogen) atoms. The number of aromatic nitrogens is 1. The smallest absolute Gasteiger partial charge is 0.433 e. The number of carbonyl (C=O) groups is 1. The van der Waals surface area contributed by atoms with Crippen molar-refractivity contribution in [3.05, 3.63) is 53.3 Å². The fourth-order valence-corrected chi connectivity index (χ4v) is 5.22. The number of halogens is 3. The number of hydrogen-bond acceptors (Lipinski definition) is 4. The minimum atomic E-state index is -4.52. The second-order valence-corrected chi connectivity index (χ2v) is 9.31. The number of rotatable bonds is 4.